The normalized spacial score (nSPS) is 13.5. The predicted molar refractivity (Wildman–Crippen MR) is 146 cm³/mol. The molecule has 1 aliphatic heterocycles. The van der Waals surface area contributed by atoms with Crippen LogP contribution in [0.2, 0.25) is 0 Å². The minimum atomic E-state index is -0.415. The van der Waals surface area contributed by atoms with E-state index in [0.29, 0.717) is 67.8 Å². The molecule has 11 heteroatoms. The van der Waals surface area contributed by atoms with Crippen molar-refractivity contribution in [3.63, 3.8) is 0 Å². The summed E-state index contributed by atoms with van der Waals surface area (Å²) in [6.07, 6.45) is 3.44. The van der Waals surface area contributed by atoms with Gasteiger partial charge in [0.05, 0.1) is 17.8 Å². The van der Waals surface area contributed by atoms with Gasteiger partial charge in [-0.15, -0.1) is 6.58 Å². The molecule has 1 fully saturated rings. The third-order valence-corrected chi connectivity index (χ3v) is 6.48. The summed E-state index contributed by atoms with van der Waals surface area (Å²) in [7, 11) is 0. The summed E-state index contributed by atoms with van der Waals surface area (Å²) in [6.45, 7) is 9.04. The van der Waals surface area contributed by atoms with Gasteiger partial charge in [0.1, 0.15) is 0 Å². The van der Waals surface area contributed by atoms with Gasteiger partial charge in [0.2, 0.25) is 5.95 Å². The van der Waals surface area contributed by atoms with Crippen LogP contribution in [0.3, 0.4) is 0 Å². The summed E-state index contributed by atoms with van der Waals surface area (Å²) in [6, 6.07) is 14.1. The van der Waals surface area contributed by atoms with Crippen LogP contribution in [0.4, 0.5) is 17.5 Å². The predicted octanol–water partition coefficient (Wildman–Crippen LogP) is 3.65. The molecule has 2 aromatic carbocycles. The highest BCUT2D eigenvalue weighted by Gasteiger charge is 2.25. The lowest BCUT2D eigenvalue weighted by Gasteiger charge is -2.35. The molecule has 3 heterocycles. The highest BCUT2D eigenvalue weighted by molar-refractivity contribution is 5.94. The third-order valence-electron chi connectivity index (χ3n) is 6.48. The summed E-state index contributed by atoms with van der Waals surface area (Å²) in [5, 5.41) is 14.2. The number of piperazine rings is 1. The van der Waals surface area contributed by atoms with Crippen molar-refractivity contribution in [3.8, 4) is 0 Å². The van der Waals surface area contributed by atoms with Gasteiger partial charge in [-0.25, -0.2) is 4.98 Å². The zero-order chi connectivity index (χ0) is 26.6. The third kappa shape index (κ3) is 5.17. The van der Waals surface area contributed by atoms with E-state index < -0.39 is 4.92 Å². The minimum Gasteiger partial charge on any atom is -0.365 e. The standard InChI is InChI=1S/C27H28N8O3/c1-3-11-28-24-23-25(34(18-29-23)17-20-7-9-22(10-8-20)35(37)38)31-27(30-24)33-14-12-32(13-15-33)26(36)21-6-4-5-19(2)16-21/h3-10,16,18H,1,11-15,17H2,2H3,(H,28,30,31). The molecular weight excluding hydrogens is 484 g/mol. The molecule has 0 radical (unpaired) electrons. The number of fused-ring (bicyclic) bond motifs is 1. The summed E-state index contributed by atoms with van der Waals surface area (Å²) in [5.41, 5.74) is 3.97. The number of amides is 1. The van der Waals surface area contributed by atoms with Crippen LogP contribution >= 0.6 is 0 Å². The first-order valence-electron chi connectivity index (χ1n) is 12.3. The zero-order valence-corrected chi connectivity index (χ0v) is 21.1. The van der Waals surface area contributed by atoms with Crippen LogP contribution in [0.15, 0.2) is 67.5 Å². The van der Waals surface area contributed by atoms with Gasteiger partial charge in [-0.3, -0.25) is 14.9 Å². The number of aromatic nitrogens is 4. The van der Waals surface area contributed by atoms with Crippen LogP contribution in [0.5, 0.6) is 0 Å². The molecular formula is C27H28N8O3. The lowest BCUT2D eigenvalue weighted by atomic mass is 10.1. The van der Waals surface area contributed by atoms with E-state index in [-0.39, 0.29) is 11.6 Å². The molecule has 194 valence electrons. The van der Waals surface area contributed by atoms with Crippen LogP contribution in [0, 0.1) is 17.0 Å². The number of rotatable bonds is 8. The van der Waals surface area contributed by atoms with Crippen LogP contribution in [-0.4, -0.2) is 68.0 Å². The van der Waals surface area contributed by atoms with Crippen molar-refractivity contribution in [1.82, 2.24) is 24.4 Å². The molecule has 0 saturated carbocycles. The lowest BCUT2D eigenvalue weighted by molar-refractivity contribution is -0.384. The van der Waals surface area contributed by atoms with Gasteiger partial charge < -0.3 is 19.7 Å². The summed E-state index contributed by atoms with van der Waals surface area (Å²) in [4.78, 5) is 41.6. The fourth-order valence-corrected chi connectivity index (χ4v) is 4.47. The molecule has 0 bridgehead atoms. The Bertz CT molecular complexity index is 1490. The fraction of sp³-hybridized carbons (Fsp3) is 0.259. The van der Waals surface area contributed by atoms with Crippen LogP contribution < -0.4 is 10.2 Å². The van der Waals surface area contributed by atoms with Crippen molar-refractivity contribution in [1.29, 1.82) is 0 Å². The van der Waals surface area contributed by atoms with E-state index in [0.717, 1.165) is 11.1 Å². The SMILES string of the molecule is C=CCNc1nc(N2CCN(C(=O)c3cccc(C)c3)CC2)nc2c1ncn2Cc1ccc([N+](=O)[O-])cc1. The van der Waals surface area contributed by atoms with Crippen molar-refractivity contribution in [3.05, 3.63) is 94.3 Å². The number of hydrogen-bond donors (Lipinski definition) is 1. The summed E-state index contributed by atoms with van der Waals surface area (Å²) in [5.74, 6) is 1.18. The van der Waals surface area contributed by atoms with E-state index in [1.165, 1.54) is 12.1 Å². The number of anilines is 2. The van der Waals surface area contributed by atoms with Gasteiger partial charge >= 0.3 is 0 Å². The Morgan fingerprint density at radius 1 is 1.13 bits per heavy atom. The first kappa shape index (κ1) is 24.9. The molecule has 2 aromatic heterocycles. The Hall–Kier alpha value is -4.80. The van der Waals surface area contributed by atoms with E-state index >= 15 is 0 Å². The molecule has 0 spiro atoms. The van der Waals surface area contributed by atoms with Crippen LogP contribution in [-0.2, 0) is 6.54 Å². The molecule has 5 rings (SSSR count). The average Bonchev–Trinajstić information content (AvgIpc) is 3.34. The van der Waals surface area contributed by atoms with Crippen LogP contribution in [0.1, 0.15) is 21.5 Å². The second-order valence-electron chi connectivity index (χ2n) is 9.16. The summed E-state index contributed by atoms with van der Waals surface area (Å²) >= 11 is 0. The van der Waals surface area contributed by atoms with Crippen molar-refractivity contribution in [2.75, 3.05) is 42.9 Å². The van der Waals surface area contributed by atoms with E-state index in [1.54, 1.807) is 24.5 Å². The monoisotopic (exact) mass is 512 g/mol. The number of aryl methyl sites for hydroxylation is 1. The van der Waals surface area contributed by atoms with E-state index in [2.05, 4.69) is 21.8 Å². The number of hydrogen-bond acceptors (Lipinski definition) is 8. The maximum Gasteiger partial charge on any atom is 0.269 e. The zero-order valence-electron chi connectivity index (χ0n) is 21.1. The number of nitro groups is 1. The number of carbonyl (C=O) groups is 1. The first-order valence-corrected chi connectivity index (χ1v) is 12.3. The van der Waals surface area contributed by atoms with Crippen LogP contribution in [0.25, 0.3) is 11.2 Å². The summed E-state index contributed by atoms with van der Waals surface area (Å²) < 4.78 is 1.90. The first-order chi connectivity index (χ1) is 18.4. The largest absolute Gasteiger partial charge is 0.365 e. The number of imidazole rings is 1. The highest BCUT2D eigenvalue weighted by Crippen LogP contribution is 2.25. The number of benzene rings is 2. The van der Waals surface area contributed by atoms with Crippen molar-refractivity contribution in [2.24, 2.45) is 0 Å². The van der Waals surface area contributed by atoms with Gasteiger partial charge in [-0.2, -0.15) is 9.97 Å². The van der Waals surface area contributed by atoms with Gasteiger partial charge in [0, 0.05) is 50.4 Å². The second-order valence-corrected chi connectivity index (χ2v) is 9.16. The van der Waals surface area contributed by atoms with Gasteiger partial charge in [0.15, 0.2) is 17.0 Å². The maximum atomic E-state index is 13.0. The minimum absolute atomic E-state index is 0.0271. The number of nitrogens with one attached hydrogen (secondary N) is 1. The number of nitrogens with zero attached hydrogens (tertiary/aromatic N) is 7. The topological polar surface area (TPSA) is 122 Å². The fourth-order valence-electron chi connectivity index (χ4n) is 4.47. The Morgan fingerprint density at radius 2 is 1.89 bits per heavy atom. The molecule has 1 aliphatic rings. The maximum absolute atomic E-state index is 13.0. The quantitative estimate of drug-likeness (QED) is 0.216. The highest BCUT2D eigenvalue weighted by atomic mass is 16.6. The molecule has 1 N–H and O–H groups in total. The van der Waals surface area contributed by atoms with E-state index in [9.17, 15) is 14.9 Å². The second kappa shape index (κ2) is 10.7. The number of carbonyl (C=O) groups excluding carboxylic acids is 1. The smallest absolute Gasteiger partial charge is 0.269 e. The number of nitro benzene ring substituents is 1. The van der Waals surface area contributed by atoms with E-state index in [1.807, 2.05) is 40.7 Å². The molecule has 0 aliphatic carbocycles. The Kier molecular flexibility index (Phi) is 6.98. The van der Waals surface area contributed by atoms with Gasteiger partial charge in [0.25, 0.3) is 11.6 Å². The van der Waals surface area contributed by atoms with E-state index in [4.69, 9.17) is 9.97 Å². The molecule has 11 nitrogen and oxygen atoms in total. The Balaban J connectivity index is 1.38. The lowest BCUT2D eigenvalue weighted by Crippen LogP contribution is -2.49. The Morgan fingerprint density at radius 3 is 2.58 bits per heavy atom. The molecule has 4 aromatic rings. The molecule has 1 amide bonds. The van der Waals surface area contributed by atoms with Crippen molar-refractivity contribution in [2.45, 2.75) is 13.5 Å². The Labute approximate surface area is 219 Å². The number of non-ortho nitro benzene ring substituents is 1. The van der Waals surface area contributed by atoms with Gasteiger partial charge in [-0.1, -0.05) is 35.9 Å². The van der Waals surface area contributed by atoms with Gasteiger partial charge in [-0.05, 0) is 24.6 Å². The molecule has 1 saturated heterocycles. The average molecular weight is 513 g/mol. The van der Waals surface area contributed by atoms with Crippen molar-refractivity contribution >= 4 is 34.5 Å². The molecule has 38 heavy (non-hydrogen) atoms. The van der Waals surface area contributed by atoms with Crippen molar-refractivity contribution < 1.29 is 9.72 Å². The molecule has 0 unspecified atom stereocenters. The molecule has 0 atom stereocenters.